The van der Waals surface area contributed by atoms with Crippen molar-refractivity contribution in [1.82, 2.24) is 0 Å². The fourth-order valence-electron chi connectivity index (χ4n) is 2.61. The average molecular weight is 231 g/mol. The Morgan fingerprint density at radius 3 is 2.71 bits per heavy atom. The fourth-order valence-corrected chi connectivity index (χ4v) is 2.61. The van der Waals surface area contributed by atoms with E-state index < -0.39 is 0 Å². The Balaban J connectivity index is 2.30. The van der Waals surface area contributed by atoms with Crippen molar-refractivity contribution >= 4 is 11.6 Å². The van der Waals surface area contributed by atoms with E-state index in [0.29, 0.717) is 12.3 Å². The molecule has 0 fully saturated rings. The highest BCUT2D eigenvalue weighted by Crippen LogP contribution is 2.29. The number of hydrogen-bond donors (Lipinski definition) is 1. The molecule has 1 N–H and O–H groups in total. The predicted molar refractivity (Wildman–Crippen MR) is 71.3 cm³/mol. The lowest BCUT2D eigenvalue weighted by Gasteiger charge is -2.15. The van der Waals surface area contributed by atoms with Gasteiger partial charge in [-0.2, -0.15) is 0 Å². The molecule has 0 aliphatic carbocycles. The van der Waals surface area contributed by atoms with Gasteiger partial charge in [0.15, 0.2) is 0 Å². The van der Waals surface area contributed by atoms with Gasteiger partial charge in [-0.1, -0.05) is 26.0 Å². The summed E-state index contributed by atoms with van der Waals surface area (Å²) in [5, 5.41) is 2.99. The van der Waals surface area contributed by atoms with E-state index in [1.807, 2.05) is 0 Å². The summed E-state index contributed by atoms with van der Waals surface area (Å²) in [6, 6.07) is 6.53. The van der Waals surface area contributed by atoms with Crippen LogP contribution in [0, 0.1) is 0 Å². The molecule has 2 rings (SSSR count). The Bertz CT molecular complexity index is 407. The summed E-state index contributed by atoms with van der Waals surface area (Å²) < 4.78 is 0. The minimum absolute atomic E-state index is 0.152. The SMILES string of the molecule is CCC(CC)c1ccc2c(c1)CCCC(=O)N2. The Kier molecular flexibility index (Phi) is 3.82. The maximum absolute atomic E-state index is 11.5. The van der Waals surface area contributed by atoms with Gasteiger partial charge in [0.05, 0.1) is 0 Å². The van der Waals surface area contributed by atoms with E-state index in [9.17, 15) is 4.79 Å². The quantitative estimate of drug-likeness (QED) is 0.840. The molecule has 1 aromatic rings. The second kappa shape index (κ2) is 5.35. The van der Waals surface area contributed by atoms with Crippen molar-refractivity contribution in [2.45, 2.75) is 51.9 Å². The van der Waals surface area contributed by atoms with Gasteiger partial charge in [0, 0.05) is 12.1 Å². The minimum Gasteiger partial charge on any atom is -0.326 e. The van der Waals surface area contributed by atoms with Crippen LogP contribution in [0.5, 0.6) is 0 Å². The number of nitrogens with one attached hydrogen (secondary N) is 1. The smallest absolute Gasteiger partial charge is 0.224 e. The molecular formula is C15H21NO. The van der Waals surface area contributed by atoms with Crippen molar-refractivity contribution in [1.29, 1.82) is 0 Å². The predicted octanol–water partition coefficient (Wildman–Crippen LogP) is 3.87. The zero-order valence-corrected chi connectivity index (χ0v) is 10.8. The normalized spacial score (nSPS) is 15.4. The average Bonchev–Trinajstić information content (AvgIpc) is 2.51. The van der Waals surface area contributed by atoms with Crippen LogP contribution in [-0.2, 0) is 11.2 Å². The second-order valence-electron chi connectivity index (χ2n) is 4.83. The van der Waals surface area contributed by atoms with Gasteiger partial charge in [-0.25, -0.2) is 0 Å². The van der Waals surface area contributed by atoms with Crippen molar-refractivity contribution in [3.8, 4) is 0 Å². The molecule has 0 spiro atoms. The number of rotatable bonds is 3. The van der Waals surface area contributed by atoms with Crippen molar-refractivity contribution in [3.05, 3.63) is 29.3 Å². The van der Waals surface area contributed by atoms with Crippen LogP contribution >= 0.6 is 0 Å². The highest BCUT2D eigenvalue weighted by Gasteiger charge is 2.15. The van der Waals surface area contributed by atoms with Crippen LogP contribution in [-0.4, -0.2) is 5.91 Å². The van der Waals surface area contributed by atoms with Crippen LogP contribution in [0.2, 0.25) is 0 Å². The van der Waals surface area contributed by atoms with Gasteiger partial charge in [-0.15, -0.1) is 0 Å². The summed E-state index contributed by atoms with van der Waals surface area (Å²) in [7, 11) is 0. The molecule has 0 saturated heterocycles. The molecule has 1 aliphatic rings. The van der Waals surface area contributed by atoms with E-state index in [1.165, 1.54) is 24.0 Å². The van der Waals surface area contributed by atoms with Gasteiger partial charge >= 0.3 is 0 Å². The molecule has 1 amide bonds. The second-order valence-corrected chi connectivity index (χ2v) is 4.83. The highest BCUT2D eigenvalue weighted by atomic mass is 16.1. The highest BCUT2D eigenvalue weighted by molar-refractivity contribution is 5.92. The van der Waals surface area contributed by atoms with Crippen LogP contribution in [0.15, 0.2) is 18.2 Å². The molecule has 17 heavy (non-hydrogen) atoms. The number of aryl methyl sites for hydroxylation is 1. The summed E-state index contributed by atoms with van der Waals surface area (Å²) in [6.07, 6.45) is 4.99. The topological polar surface area (TPSA) is 29.1 Å². The van der Waals surface area contributed by atoms with Crippen molar-refractivity contribution in [2.75, 3.05) is 5.32 Å². The first-order valence-corrected chi connectivity index (χ1v) is 6.67. The standard InChI is InChI=1S/C15H21NO/c1-3-11(4-2)12-8-9-14-13(10-12)6-5-7-15(17)16-14/h8-11H,3-7H2,1-2H3,(H,16,17). The zero-order chi connectivity index (χ0) is 12.3. The monoisotopic (exact) mass is 231 g/mol. The molecule has 2 heteroatoms. The van der Waals surface area contributed by atoms with Gasteiger partial charge in [-0.05, 0) is 48.8 Å². The molecule has 1 aliphatic heterocycles. The van der Waals surface area contributed by atoms with E-state index in [1.54, 1.807) is 0 Å². The third kappa shape index (κ3) is 2.68. The molecule has 0 radical (unpaired) electrons. The molecule has 2 nitrogen and oxygen atoms in total. The number of carbonyl (C=O) groups excluding carboxylic acids is 1. The maximum Gasteiger partial charge on any atom is 0.224 e. The van der Waals surface area contributed by atoms with Crippen molar-refractivity contribution < 1.29 is 4.79 Å². The molecule has 92 valence electrons. The van der Waals surface area contributed by atoms with Gasteiger partial charge in [0.2, 0.25) is 5.91 Å². The summed E-state index contributed by atoms with van der Waals surface area (Å²) in [5.41, 5.74) is 3.74. The molecule has 0 unspecified atom stereocenters. The van der Waals surface area contributed by atoms with Crippen LogP contribution < -0.4 is 5.32 Å². The van der Waals surface area contributed by atoms with E-state index in [2.05, 4.69) is 37.4 Å². The van der Waals surface area contributed by atoms with Gasteiger partial charge in [0.25, 0.3) is 0 Å². The van der Waals surface area contributed by atoms with Crippen LogP contribution in [0.4, 0.5) is 5.69 Å². The van der Waals surface area contributed by atoms with Gasteiger partial charge in [-0.3, -0.25) is 4.79 Å². The number of anilines is 1. The molecule has 0 saturated carbocycles. The molecule has 0 aromatic heterocycles. The summed E-state index contributed by atoms with van der Waals surface area (Å²) in [6.45, 7) is 4.48. The van der Waals surface area contributed by atoms with Crippen LogP contribution in [0.3, 0.4) is 0 Å². The Morgan fingerprint density at radius 1 is 1.24 bits per heavy atom. The lowest BCUT2D eigenvalue weighted by molar-refractivity contribution is -0.116. The van der Waals surface area contributed by atoms with E-state index in [0.717, 1.165) is 18.5 Å². The third-order valence-corrected chi connectivity index (χ3v) is 3.71. The molecule has 0 bridgehead atoms. The summed E-state index contributed by atoms with van der Waals surface area (Å²) in [4.78, 5) is 11.5. The van der Waals surface area contributed by atoms with Crippen molar-refractivity contribution in [3.63, 3.8) is 0 Å². The fraction of sp³-hybridized carbons (Fsp3) is 0.533. The molecule has 1 heterocycles. The first-order chi connectivity index (χ1) is 8.24. The molecule has 1 aromatic carbocycles. The van der Waals surface area contributed by atoms with E-state index >= 15 is 0 Å². The number of carbonyl (C=O) groups is 1. The largest absolute Gasteiger partial charge is 0.326 e. The number of amides is 1. The van der Waals surface area contributed by atoms with Gasteiger partial charge < -0.3 is 5.32 Å². The summed E-state index contributed by atoms with van der Waals surface area (Å²) in [5.74, 6) is 0.804. The first kappa shape index (κ1) is 12.2. The number of fused-ring (bicyclic) bond motifs is 1. The summed E-state index contributed by atoms with van der Waals surface area (Å²) >= 11 is 0. The number of benzene rings is 1. The van der Waals surface area contributed by atoms with Gasteiger partial charge in [0.1, 0.15) is 0 Å². The zero-order valence-electron chi connectivity index (χ0n) is 10.8. The Labute approximate surface area is 103 Å². The lowest BCUT2D eigenvalue weighted by atomic mass is 9.91. The van der Waals surface area contributed by atoms with Crippen molar-refractivity contribution in [2.24, 2.45) is 0 Å². The maximum atomic E-state index is 11.5. The van der Waals surface area contributed by atoms with E-state index in [4.69, 9.17) is 0 Å². The van der Waals surface area contributed by atoms with Crippen LogP contribution in [0.1, 0.15) is 56.6 Å². The Hall–Kier alpha value is -1.31. The third-order valence-electron chi connectivity index (χ3n) is 3.71. The van der Waals surface area contributed by atoms with Crippen LogP contribution in [0.25, 0.3) is 0 Å². The lowest BCUT2D eigenvalue weighted by Crippen LogP contribution is -2.09. The molecule has 0 atom stereocenters. The Morgan fingerprint density at radius 2 is 2.00 bits per heavy atom. The van der Waals surface area contributed by atoms with E-state index in [-0.39, 0.29) is 5.91 Å². The first-order valence-electron chi connectivity index (χ1n) is 6.67. The molecular weight excluding hydrogens is 210 g/mol. The number of hydrogen-bond acceptors (Lipinski definition) is 1. The minimum atomic E-state index is 0.152.